The standard InChI is InChI=1S/C20H34O/c1-2-3-4-5-6-7-8-9-10-11-12-13-14-15-16-17-18-20-19-21-20/h14-15,17-19H,2-13,16H2,1H3. The SMILES string of the molecule is CCCCCCCCCCCCCC=CCC=CC1=CO1. The molecule has 0 N–H and O–H groups in total. The molecule has 1 aliphatic rings. The highest BCUT2D eigenvalue weighted by Gasteiger charge is 2.01. The topological polar surface area (TPSA) is 12.5 Å². The molecule has 1 rings (SSSR count). The van der Waals surface area contributed by atoms with E-state index in [1.165, 1.54) is 77.0 Å². The van der Waals surface area contributed by atoms with Crippen molar-refractivity contribution in [2.24, 2.45) is 0 Å². The summed E-state index contributed by atoms with van der Waals surface area (Å²) in [6.07, 6.45) is 28.5. The highest BCUT2D eigenvalue weighted by molar-refractivity contribution is 5.19. The van der Waals surface area contributed by atoms with E-state index in [2.05, 4.69) is 25.2 Å². The normalized spacial score (nSPS) is 13.9. The number of unbranched alkanes of at least 4 members (excludes halogenated alkanes) is 11. The van der Waals surface area contributed by atoms with E-state index in [-0.39, 0.29) is 0 Å². The summed E-state index contributed by atoms with van der Waals surface area (Å²) >= 11 is 0. The van der Waals surface area contributed by atoms with Gasteiger partial charge in [-0.05, 0) is 25.3 Å². The Hall–Kier alpha value is -0.980. The fourth-order valence-corrected chi connectivity index (χ4v) is 2.52. The minimum Gasteiger partial charge on any atom is -0.458 e. The van der Waals surface area contributed by atoms with Gasteiger partial charge in [-0.2, -0.15) is 0 Å². The Morgan fingerprint density at radius 1 is 0.762 bits per heavy atom. The van der Waals surface area contributed by atoms with Gasteiger partial charge in [0.05, 0.1) is 0 Å². The minimum atomic E-state index is 1.01. The maximum absolute atomic E-state index is 4.91. The van der Waals surface area contributed by atoms with Gasteiger partial charge in [-0.25, -0.2) is 0 Å². The third kappa shape index (κ3) is 13.7. The second kappa shape index (κ2) is 14.0. The fourth-order valence-electron chi connectivity index (χ4n) is 2.52. The predicted octanol–water partition coefficient (Wildman–Crippen LogP) is 7.06. The lowest BCUT2D eigenvalue weighted by molar-refractivity contribution is 0.515. The Kier molecular flexibility index (Phi) is 12.0. The van der Waals surface area contributed by atoms with E-state index in [4.69, 9.17) is 4.74 Å². The van der Waals surface area contributed by atoms with Crippen molar-refractivity contribution < 1.29 is 4.74 Å². The average Bonchev–Trinajstić information content (AvgIpc) is 3.31. The van der Waals surface area contributed by atoms with E-state index in [9.17, 15) is 0 Å². The van der Waals surface area contributed by atoms with Crippen molar-refractivity contribution in [3.63, 3.8) is 0 Å². The number of rotatable bonds is 15. The van der Waals surface area contributed by atoms with Crippen LogP contribution in [0.5, 0.6) is 0 Å². The molecule has 0 unspecified atom stereocenters. The minimum absolute atomic E-state index is 1.01. The predicted molar refractivity (Wildman–Crippen MR) is 93.1 cm³/mol. The third-order valence-corrected chi connectivity index (χ3v) is 3.95. The van der Waals surface area contributed by atoms with Crippen molar-refractivity contribution in [3.05, 3.63) is 36.3 Å². The summed E-state index contributed by atoms with van der Waals surface area (Å²) in [5, 5.41) is 0. The van der Waals surface area contributed by atoms with E-state index in [1.807, 2.05) is 6.08 Å². The Morgan fingerprint density at radius 3 is 1.90 bits per heavy atom. The van der Waals surface area contributed by atoms with Crippen LogP contribution in [0.15, 0.2) is 36.3 Å². The van der Waals surface area contributed by atoms with Crippen molar-refractivity contribution in [2.45, 2.75) is 90.4 Å². The highest BCUT2D eigenvalue weighted by atomic mass is 16.5. The summed E-state index contributed by atoms with van der Waals surface area (Å²) in [5.74, 6) is 1.01. The van der Waals surface area contributed by atoms with Crippen molar-refractivity contribution >= 4 is 0 Å². The summed E-state index contributed by atoms with van der Waals surface area (Å²) < 4.78 is 4.91. The van der Waals surface area contributed by atoms with Gasteiger partial charge in [-0.15, -0.1) is 0 Å². The second-order valence-electron chi connectivity index (χ2n) is 6.07. The summed E-state index contributed by atoms with van der Waals surface area (Å²) in [5.41, 5.74) is 0. The molecule has 0 aliphatic carbocycles. The second-order valence-corrected chi connectivity index (χ2v) is 6.07. The molecule has 0 saturated carbocycles. The molecular weight excluding hydrogens is 256 g/mol. The molecule has 0 amide bonds. The largest absolute Gasteiger partial charge is 0.458 e. The van der Waals surface area contributed by atoms with Gasteiger partial charge < -0.3 is 4.74 Å². The van der Waals surface area contributed by atoms with Gasteiger partial charge in [0.15, 0.2) is 5.76 Å². The maximum atomic E-state index is 4.91. The fraction of sp³-hybridized carbons (Fsp3) is 0.700. The van der Waals surface area contributed by atoms with Crippen LogP contribution in [0.1, 0.15) is 90.4 Å². The van der Waals surface area contributed by atoms with E-state index in [0.29, 0.717) is 0 Å². The number of ether oxygens (including phenoxy) is 1. The van der Waals surface area contributed by atoms with Crippen LogP contribution in [0.2, 0.25) is 0 Å². The quantitative estimate of drug-likeness (QED) is 0.232. The molecule has 0 bridgehead atoms. The van der Waals surface area contributed by atoms with Gasteiger partial charge in [0.2, 0.25) is 0 Å². The summed E-state index contributed by atoms with van der Waals surface area (Å²) in [6, 6.07) is 0. The van der Waals surface area contributed by atoms with Crippen molar-refractivity contribution in [1.82, 2.24) is 0 Å². The Bertz CT molecular complexity index is 312. The Morgan fingerprint density at radius 2 is 1.33 bits per heavy atom. The van der Waals surface area contributed by atoms with Crippen molar-refractivity contribution in [3.8, 4) is 0 Å². The lowest BCUT2D eigenvalue weighted by atomic mass is 10.1. The zero-order valence-corrected chi connectivity index (χ0v) is 14.0. The molecule has 120 valence electrons. The molecule has 0 radical (unpaired) electrons. The molecule has 21 heavy (non-hydrogen) atoms. The van der Waals surface area contributed by atoms with Crippen LogP contribution in [0.25, 0.3) is 0 Å². The number of hydrogen-bond acceptors (Lipinski definition) is 1. The molecule has 0 fully saturated rings. The first kappa shape index (κ1) is 18.1. The molecular formula is C20H34O. The van der Waals surface area contributed by atoms with Crippen LogP contribution in [-0.2, 0) is 4.74 Å². The van der Waals surface area contributed by atoms with Gasteiger partial charge in [0, 0.05) is 0 Å². The lowest BCUT2D eigenvalue weighted by Crippen LogP contribution is -1.81. The molecule has 0 aromatic carbocycles. The van der Waals surface area contributed by atoms with Crippen molar-refractivity contribution in [1.29, 1.82) is 0 Å². The molecule has 1 heterocycles. The first-order valence-electron chi connectivity index (χ1n) is 9.12. The van der Waals surface area contributed by atoms with Crippen LogP contribution in [0.3, 0.4) is 0 Å². The van der Waals surface area contributed by atoms with Crippen LogP contribution in [0, 0.1) is 0 Å². The Balaban J connectivity index is 1.70. The molecule has 0 spiro atoms. The first-order chi connectivity index (χ1) is 10.4. The molecule has 1 nitrogen and oxygen atoms in total. The van der Waals surface area contributed by atoms with E-state index in [0.717, 1.165) is 12.2 Å². The highest BCUT2D eigenvalue weighted by Crippen LogP contribution is 2.14. The average molecular weight is 290 g/mol. The number of allylic oxidation sites excluding steroid dienone is 4. The van der Waals surface area contributed by atoms with Gasteiger partial charge in [-0.3, -0.25) is 0 Å². The van der Waals surface area contributed by atoms with Gasteiger partial charge in [-0.1, -0.05) is 89.4 Å². The van der Waals surface area contributed by atoms with E-state index < -0.39 is 0 Å². The monoisotopic (exact) mass is 290 g/mol. The smallest absolute Gasteiger partial charge is 0.161 e. The van der Waals surface area contributed by atoms with E-state index in [1.54, 1.807) is 6.26 Å². The Labute approximate surface area is 132 Å². The molecule has 0 aromatic heterocycles. The number of hydrogen-bond donors (Lipinski definition) is 0. The maximum Gasteiger partial charge on any atom is 0.161 e. The van der Waals surface area contributed by atoms with Crippen LogP contribution >= 0.6 is 0 Å². The van der Waals surface area contributed by atoms with Crippen LogP contribution in [0.4, 0.5) is 0 Å². The van der Waals surface area contributed by atoms with Crippen molar-refractivity contribution in [2.75, 3.05) is 0 Å². The van der Waals surface area contributed by atoms with Gasteiger partial charge in [0.25, 0.3) is 0 Å². The van der Waals surface area contributed by atoms with Crippen LogP contribution in [-0.4, -0.2) is 0 Å². The molecule has 0 atom stereocenters. The lowest BCUT2D eigenvalue weighted by Gasteiger charge is -2.01. The molecule has 1 heteroatoms. The summed E-state index contributed by atoms with van der Waals surface area (Å²) in [7, 11) is 0. The van der Waals surface area contributed by atoms with Gasteiger partial charge in [0.1, 0.15) is 6.26 Å². The molecule has 1 aliphatic heterocycles. The first-order valence-corrected chi connectivity index (χ1v) is 9.12. The molecule has 0 saturated heterocycles. The summed E-state index contributed by atoms with van der Waals surface area (Å²) in [6.45, 7) is 2.28. The zero-order chi connectivity index (χ0) is 15.0. The van der Waals surface area contributed by atoms with Crippen LogP contribution < -0.4 is 0 Å². The summed E-state index contributed by atoms with van der Waals surface area (Å²) in [4.78, 5) is 0. The van der Waals surface area contributed by atoms with Gasteiger partial charge >= 0.3 is 0 Å². The molecule has 0 aromatic rings. The third-order valence-electron chi connectivity index (χ3n) is 3.95. The van der Waals surface area contributed by atoms with E-state index >= 15 is 0 Å². The zero-order valence-electron chi connectivity index (χ0n) is 14.0.